The van der Waals surface area contributed by atoms with Gasteiger partial charge in [-0.25, -0.2) is 0 Å². The number of ether oxygens (including phenoxy) is 1. The summed E-state index contributed by atoms with van der Waals surface area (Å²) in [7, 11) is 0. The Bertz CT molecular complexity index is 933. The number of nitrogens with zero attached hydrogens (tertiary/aromatic N) is 1. The number of likely N-dealkylation sites (tertiary alicyclic amines) is 1. The molecule has 0 unspecified atom stereocenters. The number of fused-ring (bicyclic) bond motifs is 5. The van der Waals surface area contributed by atoms with Crippen molar-refractivity contribution in [2.24, 2.45) is 23.7 Å². The second kappa shape index (κ2) is 8.24. The number of halogens is 2. The van der Waals surface area contributed by atoms with Gasteiger partial charge in [-0.15, -0.1) is 23.2 Å². The van der Waals surface area contributed by atoms with Gasteiger partial charge in [0.1, 0.15) is 6.54 Å². The molecular formula is C21H20Cl2N2O6. The lowest BCUT2D eigenvalue weighted by Gasteiger charge is -2.28. The molecule has 31 heavy (non-hydrogen) atoms. The molecule has 1 aliphatic heterocycles. The molecule has 1 N–H and O–H groups in total. The molecule has 3 aliphatic rings. The number of nitrogens with one attached hydrogen (secondary N) is 1. The van der Waals surface area contributed by atoms with Gasteiger partial charge in [-0.2, -0.15) is 0 Å². The lowest BCUT2D eigenvalue weighted by Crippen LogP contribution is -2.38. The highest BCUT2D eigenvalue weighted by molar-refractivity contribution is 6.31. The first-order chi connectivity index (χ1) is 14.7. The molecule has 0 radical (unpaired) electrons. The predicted octanol–water partition coefficient (Wildman–Crippen LogP) is 1.84. The summed E-state index contributed by atoms with van der Waals surface area (Å²) < 4.78 is 4.93. The number of rotatable bonds is 6. The van der Waals surface area contributed by atoms with Crippen molar-refractivity contribution in [3.8, 4) is 0 Å². The van der Waals surface area contributed by atoms with Crippen LogP contribution in [-0.2, 0) is 23.9 Å². The van der Waals surface area contributed by atoms with E-state index in [4.69, 9.17) is 27.9 Å². The Morgan fingerprint density at radius 2 is 1.58 bits per heavy atom. The van der Waals surface area contributed by atoms with Crippen LogP contribution in [0.15, 0.2) is 24.3 Å². The summed E-state index contributed by atoms with van der Waals surface area (Å²) in [6.45, 7) is 0.308. The molecule has 10 heteroatoms. The maximum atomic E-state index is 12.7. The van der Waals surface area contributed by atoms with E-state index in [-0.39, 0.29) is 28.4 Å². The van der Waals surface area contributed by atoms with Crippen molar-refractivity contribution in [1.29, 1.82) is 0 Å². The van der Waals surface area contributed by atoms with Crippen LogP contribution in [0.1, 0.15) is 23.7 Å². The van der Waals surface area contributed by atoms with Crippen LogP contribution in [0.25, 0.3) is 0 Å². The van der Waals surface area contributed by atoms with Gasteiger partial charge in [-0.1, -0.05) is 0 Å². The van der Waals surface area contributed by atoms with Crippen LogP contribution in [0.2, 0.25) is 0 Å². The van der Waals surface area contributed by atoms with Gasteiger partial charge in [0.15, 0.2) is 12.4 Å². The molecule has 1 saturated heterocycles. The minimum absolute atomic E-state index is 0.0990. The molecule has 0 spiro atoms. The Hall–Kier alpha value is -2.45. The van der Waals surface area contributed by atoms with Crippen LogP contribution < -0.4 is 5.32 Å². The van der Waals surface area contributed by atoms with Crippen molar-refractivity contribution in [3.63, 3.8) is 0 Å². The van der Waals surface area contributed by atoms with Crippen LogP contribution in [0.5, 0.6) is 0 Å². The molecule has 2 saturated carbocycles. The summed E-state index contributed by atoms with van der Waals surface area (Å²) in [5, 5.41) is 1.79. The second-order valence-electron chi connectivity index (χ2n) is 8.11. The SMILES string of the molecule is CC(=O)c1ccc(NC(=O)COC(=O)CN2C(=O)[C@@H]3[C@H]4C[C@@H]([C@H](Cl)[C@H]4Cl)[C@H]3C2=O)cc1. The largest absolute Gasteiger partial charge is 0.454 e. The zero-order valence-corrected chi connectivity index (χ0v) is 18.1. The zero-order chi connectivity index (χ0) is 22.4. The Morgan fingerprint density at radius 1 is 1.03 bits per heavy atom. The number of carbonyl (C=O) groups excluding carboxylic acids is 5. The monoisotopic (exact) mass is 466 g/mol. The number of alkyl halides is 2. The van der Waals surface area contributed by atoms with E-state index in [1.807, 2.05) is 0 Å². The lowest BCUT2D eigenvalue weighted by atomic mass is 9.80. The van der Waals surface area contributed by atoms with E-state index < -0.39 is 48.7 Å². The minimum Gasteiger partial charge on any atom is -0.454 e. The van der Waals surface area contributed by atoms with Gasteiger partial charge in [0.2, 0.25) is 11.8 Å². The third-order valence-corrected chi connectivity index (χ3v) is 7.62. The first-order valence-electron chi connectivity index (χ1n) is 9.89. The van der Waals surface area contributed by atoms with Gasteiger partial charge in [0, 0.05) is 11.3 Å². The summed E-state index contributed by atoms with van der Waals surface area (Å²) >= 11 is 12.6. The molecule has 8 nitrogen and oxygen atoms in total. The fourth-order valence-electron chi connectivity index (χ4n) is 4.87. The lowest BCUT2D eigenvalue weighted by molar-refractivity contribution is -0.154. The van der Waals surface area contributed by atoms with E-state index in [1.54, 1.807) is 24.3 Å². The summed E-state index contributed by atoms with van der Waals surface area (Å²) in [6.07, 6.45) is 0.640. The van der Waals surface area contributed by atoms with Crippen molar-refractivity contribution in [1.82, 2.24) is 4.90 Å². The fourth-order valence-corrected chi connectivity index (χ4v) is 5.77. The quantitative estimate of drug-likeness (QED) is 0.296. The van der Waals surface area contributed by atoms with Crippen LogP contribution in [0.4, 0.5) is 5.69 Å². The topological polar surface area (TPSA) is 110 Å². The van der Waals surface area contributed by atoms with Crippen LogP contribution in [-0.4, -0.2) is 58.3 Å². The highest BCUT2D eigenvalue weighted by Gasteiger charge is 2.66. The molecule has 3 fully saturated rings. The number of hydrogen-bond acceptors (Lipinski definition) is 6. The molecule has 2 bridgehead atoms. The number of Topliss-reactive ketones (excluding diaryl/α,β-unsaturated/α-hetero) is 1. The number of amides is 3. The molecule has 6 atom stereocenters. The van der Waals surface area contributed by atoms with E-state index in [9.17, 15) is 24.0 Å². The first kappa shape index (κ1) is 21.8. The van der Waals surface area contributed by atoms with Gasteiger partial charge in [0.25, 0.3) is 5.91 Å². The molecule has 3 amide bonds. The van der Waals surface area contributed by atoms with Crippen LogP contribution in [0.3, 0.4) is 0 Å². The van der Waals surface area contributed by atoms with E-state index in [1.165, 1.54) is 6.92 Å². The van der Waals surface area contributed by atoms with Gasteiger partial charge in [-0.3, -0.25) is 28.9 Å². The van der Waals surface area contributed by atoms with E-state index in [0.29, 0.717) is 17.7 Å². The van der Waals surface area contributed by atoms with E-state index in [2.05, 4.69) is 5.32 Å². The Morgan fingerprint density at radius 3 is 2.10 bits per heavy atom. The van der Waals surface area contributed by atoms with Crippen molar-refractivity contribution < 1.29 is 28.7 Å². The number of ketones is 1. The van der Waals surface area contributed by atoms with Crippen molar-refractivity contribution >= 4 is 58.4 Å². The number of benzene rings is 1. The second-order valence-corrected chi connectivity index (χ2v) is 9.12. The summed E-state index contributed by atoms with van der Waals surface area (Å²) in [6, 6.07) is 6.24. The maximum Gasteiger partial charge on any atom is 0.326 e. The molecular weight excluding hydrogens is 447 g/mol. The average molecular weight is 467 g/mol. The van der Waals surface area contributed by atoms with Crippen molar-refractivity contribution in [2.75, 3.05) is 18.5 Å². The van der Waals surface area contributed by atoms with E-state index in [0.717, 1.165) is 4.90 Å². The van der Waals surface area contributed by atoms with Gasteiger partial charge in [0.05, 0.1) is 22.6 Å². The zero-order valence-electron chi connectivity index (χ0n) is 16.5. The molecule has 2 aliphatic carbocycles. The highest BCUT2D eigenvalue weighted by atomic mass is 35.5. The maximum absolute atomic E-state index is 12.7. The third-order valence-electron chi connectivity index (χ3n) is 6.31. The van der Waals surface area contributed by atoms with Crippen molar-refractivity contribution in [2.45, 2.75) is 24.1 Å². The van der Waals surface area contributed by atoms with Crippen LogP contribution >= 0.6 is 23.2 Å². The molecule has 1 aromatic carbocycles. The third kappa shape index (κ3) is 3.83. The highest BCUT2D eigenvalue weighted by Crippen LogP contribution is 2.59. The first-order valence-corrected chi connectivity index (χ1v) is 10.8. The van der Waals surface area contributed by atoms with E-state index >= 15 is 0 Å². The van der Waals surface area contributed by atoms with Crippen molar-refractivity contribution in [3.05, 3.63) is 29.8 Å². The number of carbonyl (C=O) groups is 5. The molecule has 1 aromatic rings. The van der Waals surface area contributed by atoms with Gasteiger partial charge >= 0.3 is 5.97 Å². The number of anilines is 1. The van der Waals surface area contributed by atoms with Gasteiger partial charge < -0.3 is 10.1 Å². The normalized spacial score (nSPS) is 31.0. The number of esters is 1. The molecule has 164 valence electrons. The average Bonchev–Trinajstić information content (AvgIpc) is 3.33. The number of imide groups is 1. The standard InChI is InChI=1S/C21H20Cl2N2O6/c1-9(26)10-2-4-11(5-3-10)24-14(27)8-31-15(28)7-25-20(29)16-12-6-13(17(16)21(25)30)19(23)18(12)22/h2-5,12-13,16-19H,6-8H2,1H3,(H,24,27)/t12-,13-,16-,17-,18+,19+/m1/s1. The summed E-state index contributed by atoms with van der Waals surface area (Å²) in [5.74, 6) is -3.82. The Balaban J connectivity index is 1.29. The fraction of sp³-hybridized carbons (Fsp3) is 0.476. The molecule has 0 aromatic heterocycles. The molecule has 4 rings (SSSR count). The summed E-state index contributed by atoms with van der Waals surface area (Å²) in [5.41, 5.74) is 0.939. The smallest absolute Gasteiger partial charge is 0.326 e. The summed E-state index contributed by atoms with van der Waals surface area (Å²) in [4.78, 5) is 61.8. The Kier molecular flexibility index (Phi) is 5.79. The number of hydrogen-bond donors (Lipinski definition) is 1. The van der Waals surface area contributed by atoms with Crippen LogP contribution in [0, 0.1) is 23.7 Å². The Labute approximate surface area is 188 Å². The van der Waals surface area contributed by atoms with Gasteiger partial charge in [-0.05, 0) is 49.4 Å². The minimum atomic E-state index is -0.860. The molecule has 1 heterocycles. The predicted molar refractivity (Wildman–Crippen MR) is 111 cm³/mol.